The van der Waals surface area contributed by atoms with Crippen molar-refractivity contribution in [2.24, 2.45) is 0 Å². The summed E-state index contributed by atoms with van der Waals surface area (Å²) in [7, 11) is 3.33. The summed E-state index contributed by atoms with van der Waals surface area (Å²) in [5.74, 6) is 1.97. The Morgan fingerprint density at radius 2 is 1.79 bits per heavy atom. The van der Waals surface area contributed by atoms with Crippen molar-refractivity contribution in [1.29, 1.82) is 0 Å². The number of nitrogens with one attached hydrogen (secondary N) is 1. The molecule has 180 valence electrons. The number of carbonyl (C=O) groups excluding carboxylic acids is 1. The van der Waals surface area contributed by atoms with Crippen LogP contribution in [0.1, 0.15) is 45.5 Å². The summed E-state index contributed by atoms with van der Waals surface area (Å²) >= 11 is 0. The molecule has 2 aromatic carbocycles. The number of benzene rings is 2. The summed E-state index contributed by atoms with van der Waals surface area (Å²) in [6.45, 7) is 7.47. The van der Waals surface area contributed by atoms with Crippen LogP contribution in [0.25, 0.3) is 0 Å². The average molecular weight is 457 g/mol. The maximum atomic E-state index is 12.8. The van der Waals surface area contributed by atoms with Gasteiger partial charge in [-0.05, 0) is 80.1 Å². The van der Waals surface area contributed by atoms with Gasteiger partial charge >= 0.3 is 0 Å². The predicted molar refractivity (Wildman–Crippen MR) is 129 cm³/mol. The maximum absolute atomic E-state index is 12.8. The molecule has 33 heavy (non-hydrogen) atoms. The van der Waals surface area contributed by atoms with Gasteiger partial charge in [0.25, 0.3) is 5.91 Å². The molecule has 2 aromatic rings. The van der Waals surface area contributed by atoms with E-state index in [1.54, 1.807) is 14.2 Å². The Morgan fingerprint density at radius 3 is 2.48 bits per heavy atom. The second-order valence-corrected chi connectivity index (χ2v) is 8.50. The summed E-state index contributed by atoms with van der Waals surface area (Å²) < 4.78 is 16.5. The summed E-state index contributed by atoms with van der Waals surface area (Å²) in [6.07, 6.45) is 2.90. The monoisotopic (exact) mass is 456 g/mol. The standard InChI is InChI=1S/C26H36N2O5/c1-18-13-19(2)25(33-12-11-29)22(14-18)26(30)27-8-5-6-9-28-10-7-20-15-23(31-3)24(32-4)16-21(20)17-28/h13-16,29H,5-12,17H2,1-4H3,(H,27,30). The normalized spacial score (nSPS) is 13.4. The van der Waals surface area contributed by atoms with Gasteiger partial charge in [-0.25, -0.2) is 0 Å². The number of ether oxygens (including phenoxy) is 3. The van der Waals surface area contributed by atoms with E-state index in [0.717, 1.165) is 61.5 Å². The Morgan fingerprint density at radius 1 is 1.06 bits per heavy atom. The second kappa shape index (κ2) is 11.9. The molecule has 1 aliphatic rings. The summed E-state index contributed by atoms with van der Waals surface area (Å²) in [5.41, 5.74) is 5.04. The topological polar surface area (TPSA) is 80.3 Å². The van der Waals surface area contributed by atoms with Crippen LogP contribution in [-0.4, -0.2) is 63.0 Å². The third-order valence-corrected chi connectivity index (χ3v) is 5.99. The van der Waals surface area contributed by atoms with Gasteiger partial charge in [-0.3, -0.25) is 9.69 Å². The third kappa shape index (κ3) is 6.39. The van der Waals surface area contributed by atoms with E-state index in [1.807, 2.05) is 26.0 Å². The molecular weight excluding hydrogens is 420 g/mol. The first-order valence-electron chi connectivity index (χ1n) is 11.6. The summed E-state index contributed by atoms with van der Waals surface area (Å²) in [5, 5.41) is 12.1. The van der Waals surface area contributed by atoms with Crippen LogP contribution < -0.4 is 19.5 Å². The van der Waals surface area contributed by atoms with Crippen molar-refractivity contribution in [3.8, 4) is 17.2 Å². The lowest BCUT2D eigenvalue weighted by molar-refractivity contribution is 0.0946. The van der Waals surface area contributed by atoms with Crippen LogP contribution in [-0.2, 0) is 13.0 Å². The van der Waals surface area contributed by atoms with Crippen LogP contribution in [0.5, 0.6) is 17.2 Å². The highest BCUT2D eigenvalue weighted by atomic mass is 16.5. The Balaban J connectivity index is 1.47. The molecule has 0 aromatic heterocycles. The van der Waals surface area contributed by atoms with Crippen molar-refractivity contribution in [2.75, 3.05) is 47.1 Å². The van der Waals surface area contributed by atoms with Crippen molar-refractivity contribution in [2.45, 2.75) is 39.7 Å². The zero-order valence-electron chi connectivity index (χ0n) is 20.2. The lowest BCUT2D eigenvalue weighted by atomic mass is 9.98. The largest absolute Gasteiger partial charge is 0.493 e. The van der Waals surface area contributed by atoms with Gasteiger partial charge in [0.1, 0.15) is 12.4 Å². The highest BCUT2D eigenvalue weighted by molar-refractivity contribution is 5.97. The van der Waals surface area contributed by atoms with Gasteiger partial charge in [-0.2, -0.15) is 0 Å². The number of carbonyl (C=O) groups is 1. The molecule has 0 atom stereocenters. The second-order valence-electron chi connectivity index (χ2n) is 8.50. The molecule has 0 aliphatic carbocycles. The Kier molecular flexibility index (Phi) is 8.97. The zero-order chi connectivity index (χ0) is 23.8. The Bertz CT molecular complexity index is 960. The summed E-state index contributed by atoms with van der Waals surface area (Å²) in [4.78, 5) is 15.2. The number of aliphatic hydroxyl groups is 1. The molecular formula is C26H36N2O5. The molecule has 0 fully saturated rings. The van der Waals surface area contributed by atoms with Crippen LogP contribution in [0.4, 0.5) is 0 Å². The predicted octanol–water partition coefficient (Wildman–Crippen LogP) is 3.26. The fraction of sp³-hybridized carbons (Fsp3) is 0.500. The molecule has 7 heteroatoms. The van der Waals surface area contributed by atoms with Gasteiger partial charge in [-0.15, -0.1) is 0 Å². The number of methoxy groups -OCH3 is 2. The minimum Gasteiger partial charge on any atom is -0.493 e. The molecule has 2 N–H and O–H groups in total. The number of nitrogens with zero attached hydrogens (tertiary/aromatic N) is 1. The van der Waals surface area contributed by atoms with Gasteiger partial charge in [0.2, 0.25) is 0 Å². The molecule has 1 heterocycles. The van der Waals surface area contributed by atoms with Crippen molar-refractivity contribution in [3.63, 3.8) is 0 Å². The average Bonchev–Trinajstić information content (AvgIpc) is 2.81. The fourth-order valence-corrected chi connectivity index (χ4v) is 4.35. The maximum Gasteiger partial charge on any atom is 0.255 e. The van der Waals surface area contributed by atoms with Gasteiger partial charge in [-0.1, -0.05) is 6.07 Å². The number of unbranched alkanes of at least 4 members (excludes halogenated alkanes) is 1. The van der Waals surface area contributed by atoms with Gasteiger partial charge in [0, 0.05) is 19.6 Å². The van der Waals surface area contributed by atoms with E-state index in [2.05, 4.69) is 22.3 Å². The molecule has 0 spiro atoms. The molecule has 0 unspecified atom stereocenters. The number of amides is 1. The zero-order valence-corrected chi connectivity index (χ0v) is 20.2. The van der Waals surface area contributed by atoms with E-state index in [9.17, 15) is 4.79 Å². The van der Waals surface area contributed by atoms with Gasteiger partial charge < -0.3 is 24.6 Å². The highest BCUT2D eigenvalue weighted by Gasteiger charge is 2.19. The summed E-state index contributed by atoms with van der Waals surface area (Å²) in [6, 6.07) is 7.99. The van der Waals surface area contributed by atoms with E-state index < -0.39 is 0 Å². The number of aliphatic hydroxyl groups excluding tert-OH is 1. The first-order chi connectivity index (χ1) is 16.0. The minimum atomic E-state index is -0.136. The molecule has 1 aliphatic heterocycles. The molecule has 0 bridgehead atoms. The first kappa shape index (κ1) is 24.9. The van der Waals surface area contributed by atoms with Crippen molar-refractivity contribution in [3.05, 3.63) is 52.1 Å². The van der Waals surface area contributed by atoms with Crippen molar-refractivity contribution >= 4 is 5.91 Å². The van der Waals surface area contributed by atoms with E-state index in [-0.39, 0.29) is 19.1 Å². The number of aryl methyl sites for hydroxylation is 2. The number of hydrogen-bond acceptors (Lipinski definition) is 6. The van der Waals surface area contributed by atoms with Crippen LogP contribution in [0.2, 0.25) is 0 Å². The quantitative estimate of drug-likeness (QED) is 0.505. The molecule has 1 amide bonds. The minimum absolute atomic E-state index is 0.0876. The Labute approximate surface area is 196 Å². The fourth-order valence-electron chi connectivity index (χ4n) is 4.35. The Hall–Kier alpha value is -2.77. The van der Waals surface area contributed by atoms with Gasteiger partial charge in [0.15, 0.2) is 11.5 Å². The van der Waals surface area contributed by atoms with E-state index >= 15 is 0 Å². The molecule has 3 rings (SSSR count). The number of rotatable bonds is 11. The van der Waals surface area contributed by atoms with Crippen LogP contribution >= 0.6 is 0 Å². The van der Waals surface area contributed by atoms with Crippen molar-refractivity contribution < 1.29 is 24.1 Å². The van der Waals surface area contributed by atoms with Crippen LogP contribution in [0.15, 0.2) is 24.3 Å². The van der Waals surface area contributed by atoms with Crippen LogP contribution in [0.3, 0.4) is 0 Å². The SMILES string of the molecule is COc1cc2c(cc1OC)CN(CCCCNC(=O)c1cc(C)cc(C)c1OCCO)CC2. The lowest BCUT2D eigenvalue weighted by Crippen LogP contribution is -2.32. The van der Waals surface area contributed by atoms with E-state index in [4.69, 9.17) is 19.3 Å². The van der Waals surface area contributed by atoms with E-state index in [1.165, 1.54) is 11.1 Å². The lowest BCUT2D eigenvalue weighted by Gasteiger charge is -2.29. The molecule has 0 saturated carbocycles. The number of hydrogen-bond donors (Lipinski definition) is 2. The van der Waals surface area contributed by atoms with E-state index in [0.29, 0.717) is 17.9 Å². The number of fused-ring (bicyclic) bond motifs is 1. The third-order valence-electron chi connectivity index (χ3n) is 5.99. The highest BCUT2D eigenvalue weighted by Crippen LogP contribution is 2.33. The molecule has 0 saturated heterocycles. The smallest absolute Gasteiger partial charge is 0.255 e. The first-order valence-corrected chi connectivity index (χ1v) is 11.6. The van der Waals surface area contributed by atoms with Crippen LogP contribution in [0, 0.1) is 13.8 Å². The van der Waals surface area contributed by atoms with Crippen molar-refractivity contribution in [1.82, 2.24) is 10.2 Å². The molecule has 7 nitrogen and oxygen atoms in total. The van der Waals surface area contributed by atoms with Gasteiger partial charge in [0.05, 0.1) is 26.4 Å². The molecule has 0 radical (unpaired) electrons.